The molecule has 0 aromatic carbocycles. The van der Waals surface area contributed by atoms with Crippen LogP contribution in [-0.2, 0) is 0 Å². The van der Waals surface area contributed by atoms with Crippen LogP contribution in [0.5, 0.6) is 0 Å². The third-order valence-electron chi connectivity index (χ3n) is 3.65. The summed E-state index contributed by atoms with van der Waals surface area (Å²) in [5, 5.41) is 4.50. The second-order valence-corrected chi connectivity index (χ2v) is 6.47. The number of hydrogen-bond donors (Lipinski definition) is 1. The highest BCUT2D eigenvalue weighted by Gasteiger charge is 2.19. The largest absolute Gasteiger partial charge is 0.314 e. The molecule has 1 fully saturated rings. The number of rotatable bonds is 6. The summed E-state index contributed by atoms with van der Waals surface area (Å²) in [6.45, 7) is 10.6. The molecule has 16 heavy (non-hydrogen) atoms. The van der Waals surface area contributed by atoms with Crippen molar-refractivity contribution in [3.8, 4) is 0 Å². The topological polar surface area (TPSA) is 15.3 Å². The molecule has 1 heterocycles. The van der Waals surface area contributed by atoms with Gasteiger partial charge in [-0.3, -0.25) is 0 Å². The van der Waals surface area contributed by atoms with Gasteiger partial charge in [0.15, 0.2) is 0 Å². The molecular formula is C13H28N2S. The smallest absolute Gasteiger partial charge is 0.00914 e. The van der Waals surface area contributed by atoms with Gasteiger partial charge < -0.3 is 10.2 Å². The maximum atomic E-state index is 3.71. The van der Waals surface area contributed by atoms with Gasteiger partial charge in [-0.1, -0.05) is 6.92 Å². The van der Waals surface area contributed by atoms with Gasteiger partial charge in [0.25, 0.3) is 0 Å². The van der Waals surface area contributed by atoms with E-state index in [9.17, 15) is 0 Å². The molecule has 0 aliphatic carbocycles. The molecule has 3 heteroatoms. The van der Waals surface area contributed by atoms with Crippen molar-refractivity contribution >= 4 is 11.8 Å². The fourth-order valence-electron chi connectivity index (χ4n) is 2.23. The second kappa shape index (κ2) is 7.57. The minimum atomic E-state index is 0.720. The van der Waals surface area contributed by atoms with Crippen molar-refractivity contribution in [2.75, 3.05) is 25.9 Å². The molecule has 0 radical (unpaired) electrons. The Morgan fingerprint density at radius 3 is 2.38 bits per heavy atom. The fourth-order valence-corrected chi connectivity index (χ4v) is 2.58. The maximum absolute atomic E-state index is 3.71. The molecule has 96 valence electrons. The number of nitrogens with zero attached hydrogens (tertiary/aromatic N) is 1. The fraction of sp³-hybridized carbons (Fsp3) is 1.00. The van der Waals surface area contributed by atoms with Crippen molar-refractivity contribution in [3.05, 3.63) is 0 Å². The van der Waals surface area contributed by atoms with Gasteiger partial charge in [0.2, 0.25) is 0 Å². The second-order valence-electron chi connectivity index (χ2n) is 5.19. The Labute approximate surface area is 106 Å². The van der Waals surface area contributed by atoms with Crippen LogP contribution in [0.2, 0.25) is 0 Å². The molecule has 1 saturated heterocycles. The summed E-state index contributed by atoms with van der Waals surface area (Å²) in [5.41, 5.74) is 0. The van der Waals surface area contributed by atoms with Crippen LogP contribution in [0.3, 0.4) is 0 Å². The van der Waals surface area contributed by atoms with Crippen molar-refractivity contribution < 1.29 is 0 Å². The number of likely N-dealkylation sites (tertiary alicyclic amines) is 1. The third kappa shape index (κ3) is 5.07. The Balaban J connectivity index is 2.08. The molecular weight excluding hydrogens is 216 g/mol. The van der Waals surface area contributed by atoms with Crippen LogP contribution in [-0.4, -0.2) is 48.1 Å². The Kier molecular flexibility index (Phi) is 6.78. The van der Waals surface area contributed by atoms with Gasteiger partial charge in [0.1, 0.15) is 0 Å². The average molecular weight is 244 g/mol. The maximum Gasteiger partial charge on any atom is 0.00914 e. The Morgan fingerprint density at radius 2 is 1.88 bits per heavy atom. The standard InChI is InChI=1S/C13H28N2S/c1-11(2)15-9-6-13(7-10-15)14-8-5-12(3)16-4/h11-14H,5-10H2,1-4H3. The highest BCUT2D eigenvalue weighted by atomic mass is 32.2. The van der Waals surface area contributed by atoms with E-state index < -0.39 is 0 Å². The quantitative estimate of drug-likeness (QED) is 0.773. The van der Waals surface area contributed by atoms with Gasteiger partial charge in [-0.2, -0.15) is 11.8 Å². The van der Waals surface area contributed by atoms with Gasteiger partial charge in [0, 0.05) is 17.3 Å². The van der Waals surface area contributed by atoms with Gasteiger partial charge in [-0.25, -0.2) is 0 Å². The first-order valence-electron chi connectivity index (χ1n) is 6.63. The molecule has 1 atom stereocenters. The van der Waals surface area contributed by atoms with Crippen LogP contribution in [0.25, 0.3) is 0 Å². The number of thioether (sulfide) groups is 1. The predicted octanol–water partition coefficient (Wildman–Crippen LogP) is 2.59. The van der Waals surface area contributed by atoms with E-state index in [0.717, 1.165) is 17.3 Å². The van der Waals surface area contributed by atoms with Crippen LogP contribution < -0.4 is 5.32 Å². The molecule has 0 saturated carbocycles. The first-order valence-corrected chi connectivity index (χ1v) is 7.92. The summed E-state index contributed by atoms with van der Waals surface area (Å²) in [4.78, 5) is 2.59. The lowest BCUT2D eigenvalue weighted by Crippen LogP contribution is -2.45. The Bertz CT molecular complexity index is 177. The van der Waals surface area contributed by atoms with Crippen molar-refractivity contribution in [1.82, 2.24) is 10.2 Å². The van der Waals surface area contributed by atoms with E-state index in [2.05, 4.69) is 37.2 Å². The van der Waals surface area contributed by atoms with Crippen LogP contribution in [0.1, 0.15) is 40.0 Å². The third-order valence-corrected chi connectivity index (χ3v) is 4.69. The van der Waals surface area contributed by atoms with Crippen LogP contribution >= 0.6 is 11.8 Å². The molecule has 0 aromatic heterocycles. The van der Waals surface area contributed by atoms with Crippen LogP contribution in [0.4, 0.5) is 0 Å². The van der Waals surface area contributed by atoms with E-state index >= 15 is 0 Å². The zero-order chi connectivity index (χ0) is 12.0. The molecule has 0 spiro atoms. The minimum Gasteiger partial charge on any atom is -0.314 e. The van der Waals surface area contributed by atoms with Crippen molar-refractivity contribution in [2.45, 2.75) is 57.4 Å². The summed E-state index contributed by atoms with van der Waals surface area (Å²) in [7, 11) is 0. The lowest BCUT2D eigenvalue weighted by Gasteiger charge is -2.35. The first-order chi connectivity index (χ1) is 7.63. The molecule has 0 aromatic rings. The molecule has 1 N–H and O–H groups in total. The Morgan fingerprint density at radius 1 is 1.25 bits per heavy atom. The summed E-state index contributed by atoms with van der Waals surface area (Å²) in [5.74, 6) is 0. The minimum absolute atomic E-state index is 0.720. The molecule has 0 amide bonds. The number of hydrogen-bond acceptors (Lipinski definition) is 3. The van der Waals surface area contributed by atoms with Gasteiger partial charge >= 0.3 is 0 Å². The lowest BCUT2D eigenvalue weighted by atomic mass is 10.0. The molecule has 1 unspecified atom stereocenters. The Hall–Kier alpha value is 0.270. The molecule has 1 rings (SSSR count). The van der Waals surface area contributed by atoms with E-state index in [1.54, 1.807) is 0 Å². The average Bonchev–Trinajstić information content (AvgIpc) is 2.29. The van der Waals surface area contributed by atoms with E-state index in [4.69, 9.17) is 0 Å². The summed E-state index contributed by atoms with van der Waals surface area (Å²) < 4.78 is 0. The number of piperidine rings is 1. The van der Waals surface area contributed by atoms with E-state index in [1.807, 2.05) is 11.8 Å². The monoisotopic (exact) mass is 244 g/mol. The van der Waals surface area contributed by atoms with Gasteiger partial charge in [-0.15, -0.1) is 0 Å². The molecule has 1 aliphatic heterocycles. The molecule has 2 nitrogen and oxygen atoms in total. The van der Waals surface area contributed by atoms with Crippen LogP contribution in [0.15, 0.2) is 0 Å². The molecule has 0 bridgehead atoms. The highest BCUT2D eigenvalue weighted by Crippen LogP contribution is 2.13. The predicted molar refractivity (Wildman–Crippen MR) is 75.3 cm³/mol. The SMILES string of the molecule is CSC(C)CCNC1CCN(C(C)C)CC1. The van der Waals surface area contributed by atoms with Crippen LogP contribution in [0, 0.1) is 0 Å². The summed E-state index contributed by atoms with van der Waals surface area (Å²) in [6.07, 6.45) is 6.15. The van der Waals surface area contributed by atoms with E-state index in [0.29, 0.717) is 0 Å². The zero-order valence-electron chi connectivity index (χ0n) is 11.3. The first kappa shape index (κ1) is 14.3. The highest BCUT2D eigenvalue weighted by molar-refractivity contribution is 7.99. The number of nitrogens with one attached hydrogen (secondary N) is 1. The van der Waals surface area contributed by atoms with Crippen molar-refractivity contribution in [3.63, 3.8) is 0 Å². The summed E-state index contributed by atoms with van der Waals surface area (Å²) in [6, 6.07) is 1.49. The zero-order valence-corrected chi connectivity index (χ0v) is 12.1. The normalized spacial score (nSPS) is 21.6. The van der Waals surface area contributed by atoms with Gasteiger partial charge in [0.05, 0.1) is 0 Å². The van der Waals surface area contributed by atoms with Crippen molar-refractivity contribution in [2.24, 2.45) is 0 Å². The van der Waals surface area contributed by atoms with Gasteiger partial charge in [-0.05, 0) is 59.0 Å². The lowest BCUT2D eigenvalue weighted by molar-refractivity contribution is 0.161. The molecule has 1 aliphatic rings. The van der Waals surface area contributed by atoms with Crippen molar-refractivity contribution in [1.29, 1.82) is 0 Å². The van der Waals surface area contributed by atoms with E-state index in [-0.39, 0.29) is 0 Å². The van der Waals surface area contributed by atoms with E-state index in [1.165, 1.54) is 38.9 Å². The summed E-state index contributed by atoms with van der Waals surface area (Å²) >= 11 is 1.97.